The maximum atomic E-state index is 13.1. The zero-order valence-corrected chi connectivity index (χ0v) is 18.6. The molecule has 0 bridgehead atoms. The summed E-state index contributed by atoms with van der Waals surface area (Å²) in [5.41, 5.74) is 1.39. The van der Waals surface area contributed by atoms with E-state index in [1.807, 2.05) is 26.0 Å². The summed E-state index contributed by atoms with van der Waals surface area (Å²) in [6.07, 6.45) is 1.80. The molecule has 0 atom stereocenters. The first-order valence-electron chi connectivity index (χ1n) is 9.02. The van der Waals surface area contributed by atoms with Crippen molar-refractivity contribution in [2.24, 2.45) is 4.99 Å². The van der Waals surface area contributed by atoms with Gasteiger partial charge in [0.05, 0.1) is 28.8 Å². The molecule has 0 aliphatic carbocycles. The average molecular weight is 479 g/mol. The Morgan fingerprint density at radius 2 is 1.97 bits per heavy atom. The van der Waals surface area contributed by atoms with E-state index in [2.05, 4.69) is 20.9 Å². The summed E-state index contributed by atoms with van der Waals surface area (Å²) in [5, 5.41) is 0.562. The van der Waals surface area contributed by atoms with Gasteiger partial charge in [-0.2, -0.15) is 0 Å². The van der Waals surface area contributed by atoms with E-state index in [0.29, 0.717) is 40.4 Å². The lowest BCUT2D eigenvalue weighted by atomic mass is 10.2. The van der Waals surface area contributed by atoms with Crippen molar-refractivity contribution in [1.29, 1.82) is 0 Å². The van der Waals surface area contributed by atoms with Crippen molar-refractivity contribution in [1.82, 2.24) is 4.90 Å². The SMILES string of the molecule is CCOc1c(Br)cc(/C=C2/SC(=Nc3ccc(F)cc3)N(CC)C2=O)cc1OC. The molecule has 1 aliphatic rings. The van der Waals surface area contributed by atoms with Gasteiger partial charge in [-0.25, -0.2) is 9.38 Å². The number of carbonyl (C=O) groups excluding carboxylic acids is 1. The Kier molecular flexibility index (Phi) is 6.97. The van der Waals surface area contributed by atoms with E-state index < -0.39 is 0 Å². The number of benzene rings is 2. The Hall–Kier alpha value is -2.32. The lowest BCUT2D eigenvalue weighted by molar-refractivity contribution is -0.122. The van der Waals surface area contributed by atoms with Crippen molar-refractivity contribution in [2.45, 2.75) is 13.8 Å². The van der Waals surface area contributed by atoms with Crippen LogP contribution in [0.5, 0.6) is 11.5 Å². The number of halogens is 2. The molecule has 0 radical (unpaired) electrons. The third kappa shape index (κ3) is 4.82. The molecule has 0 saturated carbocycles. The second-order valence-corrected chi connectivity index (χ2v) is 7.86. The smallest absolute Gasteiger partial charge is 0.266 e. The zero-order valence-electron chi connectivity index (χ0n) is 16.2. The molecule has 1 amide bonds. The molecule has 2 aromatic carbocycles. The lowest BCUT2D eigenvalue weighted by Gasteiger charge is -2.12. The second kappa shape index (κ2) is 9.45. The summed E-state index contributed by atoms with van der Waals surface area (Å²) in [4.78, 5) is 19.5. The first-order valence-corrected chi connectivity index (χ1v) is 10.6. The molecule has 0 N–H and O–H groups in total. The van der Waals surface area contributed by atoms with Crippen LogP contribution < -0.4 is 9.47 Å². The van der Waals surface area contributed by atoms with Gasteiger partial charge in [-0.1, -0.05) is 0 Å². The molecule has 29 heavy (non-hydrogen) atoms. The monoisotopic (exact) mass is 478 g/mol. The van der Waals surface area contributed by atoms with E-state index in [1.165, 1.54) is 23.9 Å². The number of ether oxygens (including phenoxy) is 2. The average Bonchev–Trinajstić information content (AvgIpc) is 2.99. The fraction of sp³-hybridized carbons (Fsp3) is 0.238. The molecule has 5 nitrogen and oxygen atoms in total. The van der Waals surface area contributed by atoms with Crippen LogP contribution >= 0.6 is 27.7 Å². The Labute approximate surface area is 181 Å². The van der Waals surface area contributed by atoms with Gasteiger partial charge in [-0.15, -0.1) is 0 Å². The van der Waals surface area contributed by atoms with Gasteiger partial charge in [0.25, 0.3) is 5.91 Å². The van der Waals surface area contributed by atoms with Crippen LogP contribution in [0.3, 0.4) is 0 Å². The molecule has 3 rings (SSSR count). The Balaban J connectivity index is 1.95. The van der Waals surface area contributed by atoms with Crippen molar-refractivity contribution in [2.75, 3.05) is 20.3 Å². The molecule has 1 saturated heterocycles. The summed E-state index contributed by atoms with van der Waals surface area (Å²) >= 11 is 4.79. The maximum Gasteiger partial charge on any atom is 0.266 e. The number of aliphatic imine (C=N–C) groups is 1. The number of hydrogen-bond acceptors (Lipinski definition) is 5. The molecule has 1 aliphatic heterocycles. The highest BCUT2D eigenvalue weighted by Crippen LogP contribution is 2.39. The number of rotatable bonds is 6. The molecular weight excluding hydrogens is 459 g/mol. The molecular formula is C21H20BrFN2O3S. The van der Waals surface area contributed by atoms with Gasteiger partial charge >= 0.3 is 0 Å². The number of hydrogen-bond donors (Lipinski definition) is 0. The van der Waals surface area contributed by atoms with Crippen molar-refractivity contribution < 1.29 is 18.7 Å². The quantitative estimate of drug-likeness (QED) is 0.505. The number of likely N-dealkylation sites (N-methyl/N-ethyl adjacent to an activating group) is 1. The third-order valence-corrected chi connectivity index (χ3v) is 5.69. The van der Waals surface area contributed by atoms with Gasteiger partial charge in [-0.3, -0.25) is 9.69 Å². The highest BCUT2D eigenvalue weighted by molar-refractivity contribution is 9.10. The summed E-state index contributed by atoms with van der Waals surface area (Å²) < 4.78 is 24.9. The van der Waals surface area contributed by atoms with E-state index in [1.54, 1.807) is 30.2 Å². The van der Waals surface area contributed by atoms with Gasteiger partial charge in [0.1, 0.15) is 5.82 Å². The Morgan fingerprint density at radius 1 is 1.24 bits per heavy atom. The Bertz CT molecular complexity index is 977. The Morgan fingerprint density at radius 3 is 2.59 bits per heavy atom. The fourth-order valence-corrected chi connectivity index (χ4v) is 4.39. The van der Waals surface area contributed by atoms with Gasteiger partial charge in [0.15, 0.2) is 16.7 Å². The predicted molar refractivity (Wildman–Crippen MR) is 118 cm³/mol. The number of thioether (sulfide) groups is 1. The largest absolute Gasteiger partial charge is 0.493 e. The number of amides is 1. The van der Waals surface area contributed by atoms with Crippen LogP contribution in [-0.4, -0.2) is 36.2 Å². The van der Waals surface area contributed by atoms with Crippen molar-refractivity contribution in [3.05, 3.63) is 57.2 Å². The molecule has 8 heteroatoms. The maximum absolute atomic E-state index is 13.1. The predicted octanol–water partition coefficient (Wildman–Crippen LogP) is 5.62. The minimum atomic E-state index is -0.327. The van der Waals surface area contributed by atoms with Crippen molar-refractivity contribution >= 4 is 50.5 Å². The highest BCUT2D eigenvalue weighted by atomic mass is 79.9. The summed E-state index contributed by atoms with van der Waals surface area (Å²) in [6.45, 7) is 4.78. The number of amidine groups is 1. The first-order chi connectivity index (χ1) is 14.0. The lowest BCUT2D eigenvalue weighted by Crippen LogP contribution is -2.28. The second-order valence-electron chi connectivity index (χ2n) is 6.00. The minimum Gasteiger partial charge on any atom is -0.493 e. The van der Waals surface area contributed by atoms with Crippen molar-refractivity contribution in [3.8, 4) is 11.5 Å². The first kappa shape index (κ1) is 21.4. The van der Waals surface area contributed by atoms with Crippen LogP contribution in [0.2, 0.25) is 0 Å². The molecule has 2 aromatic rings. The fourth-order valence-electron chi connectivity index (χ4n) is 2.76. The van der Waals surface area contributed by atoms with E-state index in [9.17, 15) is 9.18 Å². The van der Waals surface area contributed by atoms with E-state index in [0.717, 1.165) is 10.0 Å². The topological polar surface area (TPSA) is 51.1 Å². The third-order valence-electron chi connectivity index (χ3n) is 4.09. The summed E-state index contributed by atoms with van der Waals surface area (Å²) in [7, 11) is 1.57. The molecule has 1 heterocycles. The standard InChI is InChI=1S/C21H20BrFN2O3S/c1-4-25-20(26)18(29-21(25)24-15-8-6-14(23)7-9-15)12-13-10-16(22)19(28-5-2)17(11-13)27-3/h6-12H,4-5H2,1-3H3/b18-12+,24-21?. The van der Waals surface area contributed by atoms with Crippen LogP contribution in [0.1, 0.15) is 19.4 Å². The van der Waals surface area contributed by atoms with Gasteiger partial charge in [0.2, 0.25) is 0 Å². The normalized spacial score (nSPS) is 16.7. The zero-order chi connectivity index (χ0) is 21.0. The van der Waals surface area contributed by atoms with Crippen LogP contribution in [0.15, 0.2) is 50.8 Å². The van der Waals surface area contributed by atoms with Crippen LogP contribution in [0, 0.1) is 5.82 Å². The van der Waals surface area contributed by atoms with Crippen LogP contribution in [0.25, 0.3) is 6.08 Å². The molecule has 1 fully saturated rings. The highest BCUT2D eigenvalue weighted by Gasteiger charge is 2.32. The van der Waals surface area contributed by atoms with Crippen LogP contribution in [-0.2, 0) is 4.79 Å². The number of nitrogens with zero attached hydrogens (tertiary/aromatic N) is 2. The molecule has 0 unspecified atom stereocenters. The van der Waals surface area contributed by atoms with Gasteiger partial charge in [-0.05, 0) is 89.6 Å². The van der Waals surface area contributed by atoms with Gasteiger partial charge < -0.3 is 9.47 Å². The van der Waals surface area contributed by atoms with E-state index in [-0.39, 0.29) is 11.7 Å². The number of methoxy groups -OCH3 is 1. The molecule has 0 aromatic heterocycles. The molecule has 152 valence electrons. The van der Waals surface area contributed by atoms with Gasteiger partial charge in [0, 0.05) is 6.54 Å². The molecule has 0 spiro atoms. The summed E-state index contributed by atoms with van der Waals surface area (Å²) in [6, 6.07) is 9.55. The van der Waals surface area contributed by atoms with Crippen LogP contribution in [0.4, 0.5) is 10.1 Å². The van der Waals surface area contributed by atoms with Crippen molar-refractivity contribution in [3.63, 3.8) is 0 Å². The van der Waals surface area contributed by atoms with E-state index in [4.69, 9.17) is 9.47 Å². The minimum absolute atomic E-state index is 0.123. The number of carbonyl (C=O) groups is 1. The summed E-state index contributed by atoms with van der Waals surface area (Å²) in [5.74, 6) is 0.752. The van der Waals surface area contributed by atoms with E-state index >= 15 is 0 Å².